The summed E-state index contributed by atoms with van der Waals surface area (Å²) in [5.74, 6) is -1.60. The zero-order valence-corrected chi connectivity index (χ0v) is 16.1. The molecule has 0 radical (unpaired) electrons. The largest absolute Gasteiger partial charge is 0.480 e. The average molecular weight is 374 g/mol. The second-order valence-corrected chi connectivity index (χ2v) is 7.77. The van der Waals surface area contributed by atoms with Crippen LogP contribution in [0.5, 0.6) is 0 Å². The zero-order valence-electron chi connectivity index (χ0n) is 16.1. The lowest BCUT2D eigenvalue weighted by Gasteiger charge is -2.27. The maximum atomic E-state index is 12.6. The molecule has 0 aromatic heterocycles. The Balaban J connectivity index is 1.63. The number of rotatable bonds is 6. The molecule has 3 rings (SSSR count). The number of amides is 1. The number of carbonyl (C=O) groups is 2. The smallest absolute Gasteiger partial charge is 0.326 e. The van der Waals surface area contributed by atoms with E-state index in [9.17, 15) is 14.7 Å². The highest BCUT2D eigenvalue weighted by molar-refractivity contribution is 5.96. The Kier molecular flexibility index (Phi) is 6.46. The molecule has 7 heteroatoms. The van der Waals surface area contributed by atoms with Crippen LogP contribution in [-0.2, 0) is 11.3 Å². The fraction of sp³-hybridized carbons (Fsp3) is 0.600. The van der Waals surface area contributed by atoms with Gasteiger partial charge in [-0.2, -0.15) is 0 Å². The van der Waals surface area contributed by atoms with Crippen LogP contribution in [-0.4, -0.2) is 53.1 Å². The molecular weight excluding hydrogens is 344 g/mol. The van der Waals surface area contributed by atoms with Gasteiger partial charge in [0.25, 0.3) is 5.91 Å². The van der Waals surface area contributed by atoms with Crippen molar-refractivity contribution >= 4 is 11.9 Å². The summed E-state index contributed by atoms with van der Waals surface area (Å²) in [6.45, 7) is 6.98. The molecule has 0 saturated carbocycles. The molecular formula is C20H30N4O3. The topological polar surface area (TPSA) is 93.7 Å². The van der Waals surface area contributed by atoms with E-state index in [1.807, 2.05) is 26.0 Å². The lowest BCUT2D eigenvalue weighted by Crippen LogP contribution is -2.51. The highest BCUT2D eigenvalue weighted by atomic mass is 16.4. The second-order valence-electron chi connectivity index (χ2n) is 7.77. The van der Waals surface area contributed by atoms with Gasteiger partial charge in [-0.1, -0.05) is 18.6 Å². The van der Waals surface area contributed by atoms with Crippen molar-refractivity contribution in [3.63, 3.8) is 0 Å². The summed E-state index contributed by atoms with van der Waals surface area (Å²) in [6.07, 6.45) is 3.81. The number of piperidine rings is 1. The van der Waals surface area contributed by atoms with Crippen LogP contribution in [0.4, 0.5) is 0 Å². The van der Waals surface area contributed by atoms with Crippen LogP contribution in [0, 0.1) is 5.92 Å². The summed E-state index contributed by atoms with van der Waals surface area (Å²) >= 11 is 0. The van der Waals surface area contributed by atoms with Crippen LogP contribution in [0.25, 0.3) is 0 Å². The van der Waals surface area contributed by atoms with Gasteiger partial charge < -0.3 is 10.4 Å². The predicted octanol–water partition coefficient (Wildman–Crippen LogP) is 1.36. The third kappa shape index (κ3) is 4.86. The molecule has 2 aliphatic heterocycles. The van der Waals surface area contributed by atoms with E-state index in [-0.39, 0.29) is 23.9 Å². The molecule has 1 aromatic carbocycles. The number of nitrogens with one attached hydrogen (secondary N) is 3. The first-order valence-corrected chi connectivity index (χ1v) is 9.81. The molecule has 0 aliphatic carbocycles. The predicted molar refractivity (Wildman–Crippen MR) is 103 cm³/mol. The average Bonchev–Trinajstić information content (AvgIpc) is 2.99. The quantitative estimate of drug-likeness (QED) is 0.601. The highest BCUT2D eigenvalue weighted by Crippen LogP contribution is 2.20. The number of carbonyl (C=O) groups excluding carboxylic acids is 1. The molecule has 3 atom stereocenters. The van der Waals surface area contributed by atoms with Gasteiger partial charge in [0.2, 0.25) is 0 Å². The fourth-order valence-corrected chi connectivity index (χ4v) is 4.15. The van der Waals surface area contributed by atoms with Crippen molar-refractivity contribution in [3.8, 4) is 0 Å². The molecule has 0 bridgehead atoms. The van der Waals surface area contributed by atoms with E-state index < -0.39 is 12.0 Å². The number of carboxylic acids is 1. The van der Waals surface area contributed by atoms with Gasteiger partial charge in [0.05, 0.1) is 0 Å². The number of hydrogen-bond acceptors (Lipinski definition) is 5. The SMILES string of the molecule is CC1NNC(C)C1C(NC(=O)c1ccc(CN2CCCCC2)cc1)C(=O)O. The summed E-state index contributed by atoms with van der Waals surface area (Å²) in [5, 5.41) is 12.3. The van der Waals surface area contributed by atoms with Crippen LogP contribution < -0.4 is 16.2 Å². The Labute approximate surface area is 160 Å². The maximum absolute atomic E-state index is 12.6. The van der Waals surface area contributed by atoms with Crippen molar-refractivity contribution in [2.24, 2.45) is 5.92 Å². The van der Waals surface area contributed by atoms with E-state index in [1.54, 1.807) is 12.1 Å². The Morgan fingerprint density at radius 3 is 2.26 bits per heavy atom. The van der Waals surface area contributed by atoms with Crippen LogP contribution in [0.2, 0.25) is 0 Å². The van der Waals surface area contributed by atoms with Gasteiger partial charge in [-0.25, -0.2) is 4.79 Å². The van der Waals surface area contributed by atoms with E-state index in [4.69, 9.17) is 0 Å². The summed E-state index contributed by atoms with van der Waals surface area (Å²) in [7, 11) is 0. The molecule has 3 unspecified atom stereocenters. The molecule has 1 amide bonds. The van der Waals surface area contributed by atoms with Crippen molar-refractivity contribution in [2.75, 3.05) is 13.1 Å². The van der Waals surface area contributed by atoms with E-state index in [1.165, 1.54) is 24.8 Å². The van der Waals surface area contributed by atoms with Crippen molar-refractivity contribution in [2.45, 2.75) is 57.8 Å². The molecule has 1 aromatic rings. The van der Waals surface area contributed by atoms with Crippen molar-refractivity contribution < 1.29 is 14.7 Å². The monoisotopic (exact) mass is 374 g/mol. The third-order valence-electron chi connectivity index (χ3n) is 5.70. The highest BCUT2D eigenvalue weighted by Gasteiger charge is 2.41. The molecule has 2 heterocycles. The third-order valence-corrected chi connectivity index (χ3v) is 5.70. The van der Waals surface area contributed by atoms with Gasteiger partial charge in [0.1, 0.15) is 6.04 Å². The van der Waals surface area contributed by atoms with Crippen LogP contribution in [0.1, 0.15) is 49.0 Å². The fourth-order valence-electron chi connectivity index (χ4n) is 4.15. The first-order valence-electron chi connectivity index (χ1n) is 9.81. The van der Waals surface area contributed by atoms with Gasteiger partial charge >= 0.3 is 5.97 Å². The van der Waals surface area contributed by atoms with Gasteiger partial charge in [0, 0.05) is 30.1 Å². The van der Waals surface area contributed by atoms with Crippen molar-refractivity contribution in [1.82, 2.24) is 21.1 Å². The Morgan fingerprint density at radius 2 is 1.70 bits per heavy atom. The van der Waals surface area contributed by atoms with Gasteiger partial charge in [0.15, 0.2) is 0 Å². The van der Waals surface area contributed by atoms with E-state index in [0.29, 0.717) is 5.56 Å². The zero-order chi connectivity index (χ0) is 19.4. The van der Waals surface area contributed by atoms with E-state index >= 15 is 0 Å². The minimum Gasteiger partial charge on any atom is -0.480 e. The summed E-state index contributed by atoms with van der Waals surface area (Å²) < 4.78 is 0. The maximum Gasteiger partial charge on any atom is 0.326 e. The summed E-state index contributed by atoms with van der Waals surface area (Å²) in [6, 6.07) is 6.45. The summed E-state index contributed by atoms with van der Waals surface area (Å²) in [4.78, 5) is 26.8. The van der Waals surface area contributed by atoms with Gasteiger partial charge in [-0.05, 0) is 57.5 Å². The molecule has 2 fully saturated rings. The summed E-state index contributed by atoms with van der Waals surface area (Å²) in [5.41, 5.74) is 7.75. The Morgan fingerprint density at radius 1 is 1.11 bits per heavy atom. The van der Waals surface area contributed by atoms with Crippen LogP contribution in [0.3, 0.4) is 0 Å². The molecule has 27 heavy (non-hydrogen) atoms. The number of likely N-dealkylation sites (tertiary alicyclic amines) is 1. The second kappa shape index (κ2) is 8.82. The first kappa shape index (κ1) is 19.8. The number of carboxylic acid groups (broad SMARTS) is 1. The van der Waals surface area contributed by atoms with Crippen molar-refractivity contribution in [3.05, 3.63) is 35.4 Å². The number of benzene rings is 1. The lowest BCUT2D eigenvalue weighted by molar-refractivity contribution is -0.141. The Hall–Kier alpha value is -1.96. The Bertz CT molecular complexity index is 648. The minimum atomic E-state index is -1.01. The molecule has 4 N–H and O–H groups in total. The number of hydrogen-bond donors (Lipinski definition) is 4. The van der Waals surface area contributed by atoms with Crippen LogP contribution >= 0.6 is 0 Å². The first-order chi connectivity index (χ1) is 13.0. The molecule has 7 nitrogen and oxygen atoms in total. The van der Waals surface area contributed by atoms with Gasteiger partial charge in [-0.3, -0.25) is 20.5 Å². The molecule has 2 aliphatic rings. The molecule has 148 valence electrons. The number of hydrazine groups is 1. The lowest BCUT2D eigenvalue weighted by atomic mass is 9.88. The minimum absolute atomic E-state index is 0.0479. The number of nitrogens with zero attached hydrogens (tertiary/aromatic N) is 1. The molecule has 0 spiro atoms. The normalized spacial score (nSPS) is 27.3. The van der Waals surface area contributed by atoms with E-state index in [0.717, 1.165) is 19.6 Å². The van der Waals surface area contributed by atoms with Crippen molar-refractivity contribution in [1.29, 1.82) is 0 Å². The van der Waals surface area contributed by atoms with Crippen LogP contribution in [0.15, 0.2) is 24.3 Å². The number of aliphatic carboxylic acids is 1. The van der Waals surface area contributed by atoms with Gasteiger partial charge in [-0.15, -0.1) is 0 Å². The standard InChI is InChI=1S/C20H30N4O3/c1-13-17(14(2)23-22-13)18(20(26)27)21-19(25)16-8-6-15(7-9-16)12-24-10-4-3-5-11-24/h6-9,13-14,17-18,22-23H,3-5,10-12H2,1-2H3,(H,21,25)(H,26,27). The van der Waals surface area contributed by atoms with E-state index in [2.05, 4.69) is 21.1 Å². The molecule has 2 saturated heterocycles.